The van der Waals surface area contributed by atoms with Crippen LogP contribution >= 0.6 is 12.4 Å². The number of ether oxygens (including phenoxy) is 2. The van der Waals surface area contributed by atoms with E-state index in [1.807, 2.05) is 6.07 Å². The van der Waals surface area contributed by atoms with E-state index in [1.165, 1.54) is 24.0 Å². The zero-order chi connectivity index (χ0) is 9.97. The summed E-state index contributed by atoms with van der Waals surface area (Å²) < 4.78 is 10.6. The first-order valence-electron chi connectivity index (χ1n) is 5.09. The monoisotopic (exact) mass is 228 g/mol. The summed E-state index contributed by atoms with van der Waals surface area (Å²) in [5.74, 6) is 1.89. The lowest BCUT2D eigenvalue weighted by molar-refractivity contribution is 0.387. The second-order valence-corrected chi connectivity index (χ2v) is 3.67. The van der Waals surface area contributed by atoms with Crippen LogP contribution in [-0.4, -0.2) is 14.2 Å². The van der Waals surface area contributed by atoms with Gasteiger partial charge in [0.1, 0.15) is 11.5 Å². The van der Waals surface area contributed by atoms with Crippen LogP contribution in [0.4, 0.5) is 0 Å². The summed E-state index contributed by atoms with van der Waals surface area (Å²) in [6, 6.07) is 4.11. The van der Waals surface area contributed by atoms with Crippen molar-refractivity contribution in [2.24, 2.45) is 0 Å². The highest BCUT2D eigenvalue weighted by atomic mass is 35.5. The molecular weight excluding hydrogens is 212 g/mol. The molecule has 0 aliphatic heterocycles. The minimum absolute atomic E-state index is 0. The molecule has 3 heteroatoms. The largest absolute Gasteiger partial charge is 0.497 e. The average Bonchev–Trinajstić information content (AvgIpc) is 2.27. The molecule has 15 heavy (non-hydrogen) atoms. The average molecular weight is 229 g/mol. The van der Waals surface area contributed by atoms with Gasteiger partial charge >= 0.3 is 0 Å². The van der Waals surface area contributed by atoms with E-state index in [9.17, 15) is 0 Å². The highest BCUT2D eigenvalue weighted by Gasteiger charge is 2.15. The number of methoxy groups -OCH3 is 2. The lowest BCUT2D eigenvalue weighted by atomic mass is 9.91. The molecule has 0 unspecified atom stereocenters. The summed E-state index contributed by atoms with van der Waals surface area (Å²) in [7, 11) is 3.42. The van der Waals surface area contributed by atoms with Crippen LogP contribution in [0, 0.1) is 0 Å². The normalized spacial score (nSPS) is 13.7. The van der Waals surface area contributed by atoms with E-state index in [1.54, 1.807) is 14.2 Å². The Morgan fingerprint density at radius 1 is 1.00 bits per heavy atom. The highest BCUT2D eigenvalue weighted by molar-refractivity contribution is 5.85. The Kier molecular flexibility index (Phi) is 4.28. The van der Waals surface area contributed by atoms with Gasteiger partial charge in [-0.05, 0) is 42.9 Å². The Morgan fingerprint density at radius 3 is 2.40 bits per heavy atom. The van der Waals surface area contributed by atoms with Crippen LogP contribution in [0.25, 0.3) is 0 Å². The third-order valence-electron chi connectivity index (χ3n) is 2.85. The third-order valence-corrected chi connectivity index (χ3v) is 2.85. The van der Waals surface area contributed by atoms with Crippen molar-refractivity contribution in [1.29, 1.82) is 0 Å². The van der Waals surface area contributed by atoms with Crippen LogP contribution in [0.5, 0.6) is 11.5 Å². The number of rotatable bonds is 2. The van der Waals surface area contributed by atoms with E-state index in [-0.39, 0.29) is 12.4 Å². The van der Waals surface area contributed by atoms with Crippen molar-refractivity contribution in [2.75, 3.05) is 14.2 Å². The number of halogens is 1. The Hall–Kier alpha value is -0.890. The van der Waals surface area contributed by atoms with Crippen molar-refractivity contribution in [3.05, 3.63) is 23.3 Å². The summed E-state index contributed by atoms with van der Waals surface area (Å²) in [5.41, 5.74) is 2.77. The van der Waals surface area contributed by atoms with Crippen molar-refractivity contribution < 1.29 is 9.47 Å². The molecule has 1 aliphatic rings. The van der Waals surface area contributed by atoms with E-state index < -0.39 is 0 Å². The van der Waals surface area contributed by atoms with Gasteiger partial charge in [0, 0.05) is 6.07 Å². The van der Waals surface area contributed by atoms with Crippen molar-refractivity contribution >= 4 is 12.4 Å². The van der Waals surface area contributed by atoms with Crippen LogP contribution in [0.3, 0.4) is 0 Å². The first kappa shape index (κ1) is 12.2. The molecule has 0 amide bonds. The van der Waals surface area contributed by atoms with Crippen LogP contribution < -0.4 is 9.47 Å². The number of fused-ring (bicyclic) bond motifs is 1. The fourth-order valence-corrected chi connectivity index (χ4v) is 2.10. The van der Waals surface area contributed by atoms with Gasteiger partial charge in [-0.25, -0.2) is 0 Å². The minimum atomic E-state index is 0. The molecule has 1 aromatic carbocycles. The van der Waals surface area contributed by atoms with Crippen molar-refractivity contribution in [2.45, 2.75) is 25.7 Å². The van der Waals surface area contributed by atoms with Crippen LogP contribution in [-0.2, 0) is 12.8 Å². The zero-order valence-corrected chi connectivity index (χ0v) is 10.0. The molecule has 0 saturated heterocycles. The molecule has 0 spiro atoms. The van der Waals surface area contributed by atoms with Gasteiger partial charge < -0.3 is 9.47 Å². The van der Waals surface area contributed by atoms with E-state index in [0.717, 1.165) is 24.3 Å². The Labute approximate surface area is 97.0 Å². The predicted molar refractivity (Wildman–Crippen MR) is 63.4 cm³/mol. The lowest BCUT2D eigenvalue weighted by Crippen LogP contribution is -2.05. The van der Waals surface area contributed by atoms with Gasteiger partial charge in [0.2, 0.25) is 0 Å². The van der Waals surface area contributed by atoms with Crippen LogP contribution in [0.2, 0.25) is 0 Å². The fourth-order valence-electron chi connectivity index (χ4n) is 2.10. The molecule has 0 radical (unpaired) electrons. The zero-order valence-electron chi connectivity index (χ0n) is 9.21. The predicted octanol–water partition coefficient (Wildman–Crippen LogP) is 3.00. The van der Waals surface area contributed by atoms with Crippen LogP contribution in [0.1, 0.15) is 24.0 Å². The molecule has 0 bridgehead atoms. The van der Waals surface area contributed by atoms with E-state index >= 15 is 0 Å². The molecule has 0 N–H and O–H groups in total. The van der Waals surface area contributed by atoms with Crippen molar-refractivity contribution in [3.63, 3.8) is 0 Å². The molecular formula is C12H17ClO2. The lowest BCUT2D eigenvalue weighted by Gasteiger charge is -2.19. The summed E-state index contributed by atoms with van der Waals surface area (Å²) in [4.78, 5) is 0. The molecule has 1 aromatic rings. The smallest absolute Gasteiger partial charge is 0.126 e. The van der Waals surface area contributed by atoms with Gasteiger partial charge in [0.05, 0.1) is 14.2 Å². The highest BCUT2D eigenvalue weighted by Crippen LogP contribution is 2.33. The number of hydrogen-bond acceptors (Lipinski definition) is 2. The van der Waals surface area contributed by atoms with Crippen LogP contribution in [0.15, 0.2) is 12.1 Å². The third kappa shape index (κ3) is 2.37. The maximum absolute atomic E-state index is 5.38. The maximum Gasteiger partial charge on any atom is 0.126 e. The van der Waals surface area contributed by atoms with E-state index in [2.05, 4.69) is 6.07 Å². The SMILES string of the molecule is COc1cc2c(c(OC)c1)CCCC2.Cl. The molecule has 2 nitrogen and oxygen atoms in total. The van der Waals surface area contributed by atoms with Gasteiger partial charge in [-0.3, -0.25) is 0 Å². The Morgan fingerprint density at radius 2 is 1.73 bits per heavy atom. The first-order chi connectivity index (χ1) is 6.85. The van der Waals surface area contributed by atoms with Crippen molar-refractivity contribution in [3.8, 4) is 11.5 Å². The summed E-state index contributed by atoms with van der Waals surface area (Å²) in [5, 5.41) is 0. The van der Waals surface area contributed by atoms with Gasteiger partial charge in [-0.1, -0.05) is 0 Å². The fraction of sp³-hybridized carbons (Fsp3) is 0.500. The number of benzene rings is 1. The summed E-state index contributed by atoms with van der Waals surface area (Å²) in [6.45, 7) is 0. The van der Waals surface area contributed by atoms with E-state index in [0.29, 0.717) is 0 Å². The Balaban J connectivity index is 0.00000112. The minimum Gasteiger partial charge on any atom is -0.497 e. The van der Waals surface area contributed by atoms with Crippen molar-refractivity contribution in [1.82, 2.24) is 0 Å². The summed E-state index contributed by atoms with van der Waals surface area (Å²) in [6.07, 6.45) is 4.85. The van der Waals surface area contributed by atoms with Gasteiger partial charge in [0.25, 0.3) is 0 Å². The molecule has 1 aliphatic carbocycles. The molecule has 0 aromatic heterocycles. The maximum atomic E-state index is 5.38. The van der Waals surface area contributed by atoms with Gasteiger partial charge in [-0.15, -0.1) is 12.4 Å². The standard InChI is InChI=1S/C12H16O2.ClH/c1-13-10-7-9-5-3-4-6-11(9)12(8-10)14-2;/h7-8H,3-6H2,1-2H3;1H. The molecule has 2 rings (SSSR count). The molecule has 0 atom stereocenters. The first-order valence-corrected chi connectivity index (χ1v) is 5.09. The second kappa shape index (κ2) is 5.26. The molecule has 84 valence electrons. The molecule has 0 fully saturated rings. The quantitative estimate of drug-likeness (QED) is 0.775. The molecule has 0 saturated carbocycles. The number of hydrogen-bond donors (Lipinski definition) is 0. The Bertz CT molecular complexity index is 319. The second-order valence-electron chi connectivity index (χ2n) is 3.67. The summed E-state index contributed by atoms with van der Waals surface area (Å²) >= 11 is 0. The topological polar surface area (TPSA) is 18.5 Å². The van der Waals surface area contributed by atoms with E-state index in [4.69, 9.17) is 9.47 Å². The van der Waals surface area contributed by atoms with Gasteiger partial charge in [-0.2, -0.15) is 0 Å². The molecule has 0 heterocycles. The van der Waals surface area contributed by atoms with Gasteiger partial charge in [0.15, 0.2) is 0 Å². The number of aryl methyl sites for hydroxylation is 1.